The molecule has 2 aromatic rings. The van der Waals surface area contributed by atoms with Gasteiger partial charge in [-0.3, -0.25) is 19.2 Å². The number of carbonyl (C=O) groups is 3. The summed E-state index contributed by atoms with van der Waals surface area (Å²) in [7, 11) is 11.4. The average Bonchev–Trinajstić information content (AvgIpc) is 3.80. The second kappa shape index (κ2) is 21.1. The summed E-state index contributed by atoms with van der Waals surface area (Å²) < 4.78 is 34.0. The van der Waals surface area contributed by atoms with Crippen molar-refractivity contribution in [3.63, 3.8) is 0 Å². The van der Waals surface area contributed by atoms with Crippen molar-refractivity contribution in [2.45, 2.75) is 147 Å². The molecule has 0 saturated carbocycles. The van der Waals surface area contributed by atoms with Gasteiger partial charge in [-0.05, 0) is 113 Å². The Labute approximate surface area is 374 Å². The number of aromatic nitrogens is 3. The molecule has 0 spiro atoms. The number of aliphatic hydroxyl groups excluding tert-OH is 1. The molecule has 0 radical (unpaired) electrons. The van der Waals surface area contributed by atoms with Crippen LogP contribution in [0.1, 0.15) is 80.6 Å². The first kappa shape index (κ1) is 50.3. The largest absolute Gasteiger partial charge is 0.458 e. The minimum atomic E-state index is -1.24. The van der Waals surface area contributed by atoms with Crippen LogP contribution in [0.5, 0.6) is 0 Å². The fourth-order valence-corrected chi connectivity index (χ4v) is 10.2. The van der Waals surface area contributed by atoms with Crippen molar-refractivity contribution in [1.82, 2.24) is 34.6 Å². The molecule has 3 fully saturated rings. The maximum absolute atomic E-state index is 14.6. The number of nitrogens with zero attached hydrogens (tertiary/aromatic N) is 7. The summed E-state index contributed by atoms with van der Waals surface area (Å²) in [6.45, 7) is 15.4. The molecule has 0 aliphatic carbocycles. The third-order valence-corrected chi connectivity index (χ3v) is 13.8. The molecule has 1 amide bonds. The second-order valence-electron chi connectivity index (χ2n) is 19.3. The number of Topliss-reactive ketones (excluding diaryl/α,β-unsaturated/α-hetero) is 1. The zero-order valence-corrected chi connectivity index (χ0v) is 40.0. The zero-order valence-electron chi connectivity index (χ0n) is 40.0. The Morgan fingerprint density at radius 1 is 1.05 bits per heavy atom. The van der Waals surface area contributed by atoms with E-state index in [1.165, 1.54) is 0 Å². The van der Waals surface area contributed by atoms with E-state index in [-0.39, 0.29) is 24.1 Å². The van der Waals surface area contributed by atoms with Crippen LogP contribution in [0.2, 0.25) is 0 Å². The van der Waals surface area contributed by atoms with Crippen LogP contribution in [0.3, 0.4) is 0 Å². The van der Waals surface area contributed by atoms with Gasteiger partial charge in [-0.1, -0.05) is 38.1 Å². The van der Waals surface area contributed by atoms with E-state index in [0.29, 0.717) is 64.0 Å². The molecule has 13 atom stereocenters. The van der Waals surface area contributed by atoms with E-state index in [0.717, 1.165) is 11.3 Å². The summed E-state index contributed by atoms with van der Waals surface area (Å²) >= 11 is 0. The molecule has 17 nitrogen and oxygen atoms in total. The number of unbranched alkanes of at least 4 members (excludes halogenated alkanes) is 1. The number of rotatable bonds is 13. The molecule has 3 aliphatic heterocycles. The molecule has 0 bridgehead atoms. The Bertz CT molecular complexity index is 1850. The molecule has 3 N–H and O–H groups in total. The van der Waals surface area contributed by atoms with Crippen LogP contribution >= 0.6 is 0 Å². The first-order valence-corrected chi connectivity index (χ1v) is 22.7. The Hall–Kier alpha value is -3.71. The lowest BCUT2D eigenvalue weighted by Gasteiger charge is -2.47. The van der Waals surface area contributed by atoms with Crippen LogP contribution in [0.25, 0.3) is 11.3 Å². The predicted octanol–water partition coefficient (Wildman–Crippen LogP) is 4.17. The van der Waals surface area contributed by atoms with Crippen LogP contribution in [-0.4, -0.2) is 180 Å². The second-order valence-corrected chi connectivity index (χ2v) is 19.3. The van der Waals surface area contributed by atoms with E-state index in [1.54, 1.807) is 30.5 Å². The van der Waals surface area contributed by atoms with E-state index in [9.17, 15) is 19.5 Å². The maximum Gasteiger partial charge on any atom is 0.410 e. The molecule has 17 heteroatoms. The zero-order chi connectivity index (χ0) is 46.6. The van der Waals surface area contributed by atoms with Crippen molar-refractivity contribution in [3.05, 3.63) is 30.5 Å². The lowest BCUT2D eigenvalue weighted by molar-refractivity contribution is -0.298. The summed E-state index contributed by atoms with van der Waals surface area (Å²) in [5.74, 6) is -3.19. The van der Waals surface area contributed by atoms with E-state index in [1.807, 2.05) is 96.3 Å². The van der Waals surface area contributed by atoms with Gasteiger partial charge in [0.1, 0.15) is 23.8 Å². The number of anilines is 1. The summed E-state index contributed by atoms with van der Waals surface area (Å²) in [5.41, 5.74) is 5.94. The number of benzene rings is 1. The Morgan fingerprint density at radius 2 is 1.75 bits per heavy atom. The van der Waals surface area contributed by atoms with Crippen LogP contribution in [0.4, 0.5) is 10.5 Å². The smallest absolute Gasteiger partial charge is 0.410 e. The summed E-state index contributed by atoms with van der Waals surface area (Å²) in [4.78, 5) is 50.7. The van der Waals surface area contributed by atoms with Crippen LogP contribution in [0, 0.1) is 17.8 Å². The highest BCUT2D eigenvalue weighted by molar-refractivity contribution is 6.00. The number of aliphatic hydroxyl groups is 1. The van der Waals surface area contributed by atoms with E-state index in [2.05, 4.69) is 29.1 Å². The SMILES string of the molecule is CC[C@H]1OC(=O)[C@H](C)C(=O)[C@H](C)[C@@H](O[C@@H]2O[C@H](CN(C)C)CC(N(C)C)C2O)[C@](C)(OC)C[C@@H](C)CN(C)[C@H](C)[C@H]2N(CCCCn3cc(-c4cccc(N)c4)nn3)C(=O)O[C@]12C. The molecule has 354 valence electrons. The topological polar surface area (TPSA) is 187 Å². The number of carbonyl (C=O) groups excluding carboxylic acids is 3. The van der Waals surface area contributed by atoms with E-state index >= 15 is 0 Å². The number of esters is 1. The third kappa shape index (κ3) is 11.4. The number of nitrogens with two attached hydrogens (primary N) is 1. The standard InChI is InChI=1S/C46H76N8O9/c1-14-37-46(7)40(54(44(58)63-46)21-16-15-20-53-27-35(48-49-53)32-18-17-19-33(47)22-32)31(5)52(12)25-28(2)24-45(6,59-13)41(29(3)38(55)30(4)42(57)61-37)62-43-39(56)36(51(10)11)23-34(60-43)26-50(8)9/h17-19,22,27-31,34,36-37,39-41,43,56H,14-16,20-21,23-26,47H2,1-13H3/t28-,29+,30-,31-,34+,36?,37-,39?,40-,41-,43+,45-,46-/m1/s1. The number of hydrogen-bond donors (Lipinski definition) is 2. The lowest BCUT2D eigenvalue weighted by atomic mass is 9.78. The van der Waals surface area contributed by atoms with Gasteiger partial charge in [-0.2, -0.15) is 0 Å². The third-order valence-electron chi connectivity index (χ3n) is 13.8. The van der Waals surface area contributed by atoms with Crippen molar-refractivity contribution < 1.29 is 43.2 Å². The van der Waals surface area contributed by atoms with Crippen molar-refractivity contribution in [1.29, 1.82) is 0 Å². The molecule has 2 unspecified atom stereocenters. The fourth-order valence-electron chi connectivity index (χ4n) is 10.2. The molecule has 3 aliphatic rings. The van der Waals surface area contributed by atoms with Gasteiger partial charge in [0.2, 0.25) is 0 Å². The minimum absolute atomic E-state index is 0.0101. The number of aryl methyl sites for hydroxylation is 1. The quantitative estimate of drug-likeness (QED) is 0.126. The van der Waals surface area contributed by atoms with E-state index < -0.39 is 71.5 Å². The number of methoxy groups -OCH3 is 1. The number of fused-ring (bicyclic) bond motifs is 1. The number of nitrogen functional groups attached to an aromatic ring is 1. The van der Waals surface area contributed by atoms with Gasteiger partial charge >= 0.3 is 12.1 Å². The monoisotopic (exact) mass is 885 g/mol. The van der Waals surface area contributed by atoms with Crippen molar-refractivity contribution in [2.75, 3.05) is 67.7 Å². The lowest BCUT2D eigenvalue weighted by Crippen LogP contribution is -2.61. The van der Waals surface area contributed by atoms with Gasteiger partial charge in [0.15, 0.2) is 17.7 Å². The minimum Gasteiger partial charge on any atom is -0.458 e. The van der Waals surface area contributed by atoms with Gasteiger partial charge in [0.05, 0.1) is 30.0 Å². The van der Waals surface area contributed by atoms with Crippen molar-refractivity contribution in [3.8, 4) is 11.3 Å². The van der Waals surface area contributed by atoms with Crippen LogP contribution < -0.4 is 5.73 Å². The van der Waals surface area contributed by atoms with Gasteiger partial charge in [-0.15, -0.1) is 5.10 Å². The molecule has 1 aromatic heterocycles. The first-order valence-electron chi connectivity index (χ1n) is 22.7. The number of amides is 1. The molecular weight excluding hydrogens is 809 g/mol. The summed E-state index contributed by atoms with van der Waals surface area (Å²) in [6, 6.07) is 6.49. The highest BCUT2D eigenvalue weighted by atomic mass is 16.7. The fraction of sp³-hybridized carbons (Fsp3) is 0.761. The Kier molecular flexibility index (Phi) is 16.8. The molecular formula is C46H76N8O9. The van der Waals surface area contributed by atoms with Gasteiger partial charge < -0.3 is 49.2 Å². The summed E-state index contributed by atoms with van der Waals surface area (Å²) in [6.07, 6.45) is 0.0796. The molecule has 1 aromatic carbocycles. The van der Waals surface area contributed by atoms with E-state index in [4.69, 9.17) is 29.4 Å². The number of ether oxygens (including phenoxy) is 5. The maximum atomic E-state index is 14.6. The van der Waals surface area contributed by atoms with Gasteiger partial charge in [0.25, 0.3) is 0 Å². The first-order chi connectivity index (χ1) is 29.6. The highest BCUT2D eigenvalue weighted by Crippen LogP contribution is 2.41. The van der Waals surface area contributed by atoms with Gasteiger partial charge in [-0.25, -0.2) is 4.79 Å². The molecule has 5 rings (SSSR count). The van der Waals surface area contributed by atoms with Crippen LogP contribution in [0.15, 0.2) is 30.5 Å². The molecule has 3 saturated heterocycles. The molecule has 63 heavy (non-hydrogen) atoms. The van der Waals surface area contributed by atoms with Crippen molar-refractivity contribution in [2.24, 2.45) is 17.8 Å². The number of likely N-dealkylation sites (N-methyl/N-ethyl adjacent to an activating group) is 3. The Morgan fingerprint density at radius 3 is 2.38 bits per heavy atom. The van der Waals surface area contributed by atoms with Crippen molar-refractivity contribution >= 4 is 23.5 Å². The number of hydrogen-bond acceptors (Lipinski definition) is 15. The number of ketones is 1. The highest BCUT2D eigenvalue weighted by Gasteiger charge is 2.59. The Balaban J connectivity index is 1.41. The summed E-state index contributed by atoms with van der Waals surface area (Å²) in [5, 5.41) is 20.3. The molecule has 4 heterocycles. The average molecular weight is 885 g/mol. The van der Waals surface area contributed by atoms with Gasteiger partial charge in [0, 0.05) is 62.5 Å². The normalized spacial score (nSPS) is 35.3. The predicted molar refractivity (Wildman–Crippen MR) is 239 cm³/mol. The van der Waals surface area contributed by atoms with Crippen LogP contribution in [-0.2, 0) is 39.8 Å². The number of cyclic esters (lactones) is 1.